The third-order valence-corrected chi connectivity index (χ3v) is 7.96. The molecule has 0 radical (unpaired) electrons. The van der Waals surface area contributed by atoms with Crippen LogP contribution in [0.3, 0.4) is 0 Å². The van der Waals surface area contributed by atoms with Crippen LogP contribution in [0.5, 0.6) is 0 Å². The molecule has 6 rings (SSSR count). The first-order valence-electron chi connectivity index (χ1n) is 11.8. The van der Waals surface area contributed by atoms with Crippen LogP contribution >= 0.6 is 11.6 Å². The Labute approximate surface area is 201 Å². The minimum absolute atomic E-state index is 0.194. The van der Waals surface area contributed by atoms with Crippen LogP contribution in [0.2, 0.25) is 5.02 Å². The number of carbonyl (C=O) groups is 3. The number of halogens is 1. The molecule has 0 bridgehead atoms. The normalized spacial score (nSPS) is 27.6. The van der Waals surface area contributed by atoms with Gasteiger partial charge in [0, 0.05) is 35.2 Å². The Morgan fingerprint density at radius 2 is 1.88 bits per heavy atom. The van der Waals surface area contributed by atoms with Crippen LogP contribution in [0.1, 0.15) is 30.9 Å². The Bertz CT molecular complexity index is 1350. The van der Waals surface area contributed by atoms with Gasteiger partial charge in [-0.3, -0.25) is 24.6 Å². The zero-order valence-electron chi connectivity index (χ0n) is 18.7. The number of para-hydroxylation sites is 2. The zero-order valence-corrected chi connectivity index (χ0v) is 19.5. The maximum Gasteiger partial charge on any atom is 0.250 e. The maximum absolute atomic E-state index is 13.7. The van der Waals surface area contributed by atoms with E-state index < -0.39 is 17.4 Å². The van der Waals surface area contributed by atoms with Crippen LogP contribution in [0, 0.1) is 11.8 Å². The molecule has 2 fully saturated rings. The van der Waals surface area contributed by atoms with E-state index in [-0.39, 0.29) is 23.8 Å². The molecule has 4 heterocycles. The molecule has 1 spiro atoms. The standard InChI is InChI=1S/C26H25ClN4O3/c1-2-3-11-31-23(32)20-19(12-14-13-28-18-10-5-4-7-15(14)18)30-26(21(20)24(31)33)16-8-6-9-17(27)22(16)29-25(26)34/h4-10,13,19-21,28,30H,2-3,11-12H2,1H3,(H,29,34)/t19-,20-,21+,26+/m1/s1. The number of aromatic amines is 1. The van der Waals surface area contributed by atoms with Gasteiger partial charge in [0.2, 0.25) is 17.7 Å². The highest BCUT2D eigenvalue weighted by molar-refractivity contribution is 6.35. The summed E-state index contributed by atoms with van der Waals surface area (Å²) in [4.78, 5) is 45.6. The second-order valence-corrected chi connectivity index (χ2v) is 9.83. The molecule has 0 unspecified atom stereocenters. The number of imide groups is 1. The van der Waals surface area contributed by atoms with E-state index in [0.29, 0.717) is 29.2 Å². The summed E-state index contributed by atoms with van der Waals surface area (Å²) in [5.41, 5.74) is 1.88. The molecule has 2 saturated heterocycles. The van der Waals surface area contributed by atoms with Crippen molar-refractivity contribution in [1.82, 2.24) is 15.2 Å². The lowest BCUT2D eigenvalue weighted by Gasteiger charge is -2.29. The maximum atomic E-state index is 13.7. The van der Waals surface area contributed by atoms with Crippen molar-refractivity contribution in [3.63, 3.8) is 0 Å². The molecule has 2 aromatic carbocycles. The van der Waals surface area contributed by atoms with E-state index in [0.717, 1.165) is 29.3 Å². The van der Waals surface area contributed by atoms with Crippen molar-refractivity contribution in [3.05, 3.63) is 64.8 Å². The summed E-state index contributed by atoms with van der Waals surface area (Å²) >= 11 is 6.41. The molecule has 3 aromatic rings. The molecule has 3 aliphatic rings. The quantitative estimate of drug-likeness (QED) is 0.490. The lowest BCUT2D eigenvalue weighted by Crippen LogP contribution is -2.53. The number of hydrogen-bond acceptors (Lipinski definition) is 4. The number of hydrogen-bond donors (Lipinski definition) is 3. The molecule has 3 aliphatic heterocycles. The van der Waals surface area contributed by atoms with Crippen LogP contribution < -0.4 is 10.6 Å². The average Bonchev–Trinajstić information content (AvgIpc) is 3.54. The van der Waals surface area contributed by atoms with Crippen molar-refractivity contribution in [1.29, 1.82) is 0 Å². The first-order chi connectivity index (χ1) is 16.5. The van der Waals surface area contributed by atoms with E-state index in [2.05, 4.69) is 15.6 Å². The van der Waals surface area contributed by atoms with Crippen LogP contribution in [-0.2, 0) is 26.3 Å². The van der Waals surface area contributed by atoms with E-state index in [1.165, 1.54) is 4.90 Å². The molecule has 3 N–H and O–H groups in total. The fraction of sp³-hybridized carbons (Fsp3) is 0.346. The Kier molecular flexibility index (Phi) is 4.83. The van der Waals surface area contributed by atoms with Gasteiger partial charge in [0.05, 0.1) is 22.5 Å². The summed E-state index contributed by atoms with van der Waals surface area (Å²) < 4.78 is 0. The summed E-state index contributed by atoms with van der Waals surface area (Å²) in [6, 6.07) is 12.9. The van der Waals surface area contributed by atoms with Gasteiger partial charge in [-0.15, -0.1) is 0 Å². The highest BCUT2D eigenvalue weighted by Gasteiger charge is 2.70. The van der Waals surface area contributed by atoms with Crippen molar-refractivity contribution in [2.45, 2.75) is 37.8 Å². The number of benzene rings is 2. The van der Waals surface area contributed by atoms with Gasteiger partial charge in [-0.25, -0.2) is 0 Å². The van der Waals surface area contributed by atoms with Gasteiger partial charge < -0.3 is 10.3 Å². The van der Waals surface area contributed by atoms with Crippen molar-refractivity contribution >= 4 is 45.9 Å². The highest BCUT2D eigenvalue weighted by atomic mass is 35.5. The Balaban J connectivity index is 1.47. The first-order valence-corrected chi connectivity index (χ1v) is 12.1. The van der Waals surface area contributed by atoms with E-state index in [1.807, 2.05) is 43.5 Å². The molecule has 8 heteroatoms. The van der Waals surface area contributed by atoms with Crippen molar-refractivity contribution in [3.8, 4) is 0 Å². The SMILES string of the molecule is CCCCN1C(=O)[C@H]2[C@@H](C1=O)[C@]1(N[C@@H]2Cc2c[nH]c3ccccc23)C(=O)Nc2c(Cl)cccc21. The highest BCUT2D eigenvalue weighted by Crippen LogP contribution is 2.54. The number of amides is 3. The van der Waals surface area contributed by atoms with Gasteiger partial charge in [0.1, 0.15) is 5.54 Å². The second-order valence-electron chi connectivity index (χ2n) is 9.42. The molecule has 0 aliphatic carbocycles. The zero-order chi connectivity index (χ0) is 23.6. The molecule has 3 amide bonds. The largest absolute Gasteiger partial charge is 0.361 e. The summed E-state index contributed by atoms with van der Waals surface area (Å²) in [7, 11) is 0. The van der Waals surface area contributed by atoms with E-state index in [4.69, 9.17) is 11.6 Å². The number of carbonyl (C=O) groups excluding carboxylic acids is 3. The third-order valence-electron chi connectivity index (χ3n) is 7.64. The predicted octanol–water partition coefficient (Wildman–Crippen LogP) is 3.58. The number of nitrogens with zero attached hydrogens (tertiary/aromatic N) is 1. The Hall–Kier alpha value is -3.16. The summed E-state index contributed by atoms with van der Waals surface area (Å²) in [5.74, 6) is -2.24. The lowest BCUT2D eigenvalue weighted by atomic mass is 9.76. The minimum Gasteiger partial charge on any atom is -0.361 e. The molecule has 34 heavy (non-hydrogen) atoms. The molecule has 0 saturated carbocycles. The van der Waals surface area contributed by atoms with Gasteiger partial charge in [0.15, 0.2) is 0 Å². The molecular formula is C26H25ClN4O3. The van der Waals surface area contributed by atoms with Gasteiger partial charge in [-0.05, 0) is 30.5 Å². The van der Waals surface area contributed by atoms with Gasteiger partial charge in [0.25, 0.3) is 0 Å². The van der Waals surface area contributed by atoms with Gasteiger partial charge in [-0.1, -0.05) is 55.3 Å². The average molecular weight is 477 g/mol. The van der Waals surface area contributed by atoms with E-state index in [1.54, 1.807) is 12.1 Å². The first kappa shape index (κ1) is 21.4. The molecular weight excluding hydrogens is 452 g/mol. The summed E-state index contributed by atoms with van der Waals surface area (Å²) in [6.07, 6.45) is 4.06. The molecule has 7 nitrogen and oxygen atoms in total. The van der Waals surface area contributed by atoms with Crippen LogP contribution in [0.25, 0.3) is 10.9 Å². The van der Waals surface area contributed by atoms with Crippen molar-refractivity contribution < 1.29 is 14.4 Å². The number of aromatic nitrogens is 1. The number of likely N-dealkylation sites (tertiary alicyclic amines) is 1. The van der Waals surface area contributed by atoms with E-state index in [9.17, 15) is 14.4 Å². The van der Waals surface area contributed by atoms with Crippen molar-refractivity contribution in [2.24, 2.45) is 11.8 Å². The number of anilines is 1. The molecule has 1 aromatic heterocycles. The van der Waals surface area contributed by atoms with Crippen LogP contribution in [-0.4, -0.2) is 40.2 Å². The minimum atomic E-state index is -1.32. The summed E-state index contributed by atoms with van der Waals surface area (Å²) in [6.45, 7) is 2.40. The topological polar surface area (TPSA) is 94.3 Å². The predicted molar refractivity (Wildman–Crippen MR) is 129 cm³/mol. The van der Waals surface area contributed by atoms with Gasteiger partial charge in [-0.2, -0.15) is 0 Å². The smallest absolute Gasteiger partial charge is 0.250 e. The Morgan fingerprint density at radius 3 is 2.71 bits per heavy atom. The second kappa shape index (κ2) is 7.68. The van der Waals surface area contributed by atoms with Crippen LogP contribution in [0.15, 0.2) is 48.7 Å². The summed E-state index contributed by atoms with van der Waals surface area (Å²) in [5, 5.41) is 7.87. The number of rotatable bonds is 5. The fourth-order valence-corrected chi connectivity index (χ4v) is 6.32. The lowest BCUT2D eigenvalue weighted by molar-refractivity contribution is -0.142. The Morgan fingerprint density at radius 1 is 1.06 bits per heavy atom. The van der Waals surface area contributed by atoms with Gasteiger partial charge >= 0.3 is 0 Å². The van der Waals surface area contributed by atoms with Crippen LogP contribution in [0.4, 0.5) is 5.69 Å². The molecule has 4 atom stereocenters. The fourth-order valence-electron chi connectivity index (χ4n) is 6.10. The monoisotopic (exact) mass is 476 g/mol. The van der Waals surface area contributed by atoms with E-state index >= 15 is 0 Å². The number of fused-ring (bicyclic) bond motifs is 5. The molecule has 174 valence electrons. The third kappa shape index (κ3) is 2.77. The number of unbranched alkanes of at least 4 members (excludes halogenated alkanes) is 1. The number of H-pyrrole nitrogens is 1. The number of nitrogens with one attached hydrogen (secondary N) is 3. The van der Waals surface area contributed by atoms with Crippen molar-refractivity contribution in [2.75, 3.05) is 11.9 Å².